The maximum absolute atomic E-state index is 12.9. The first-order chi connectivity index (χ1) is 11.0. The molecule has 2 rings (SSSR count). The van der Waals surface area contributed by atoms with Crippen LogP contribution in [0.4, 0.5) is 10.1 Å². The highest BCUT2D eigenvalue weighted by Crippen LogP contribution is 2.20. The Morgan fingerprint density at radius 1 is 1.26 bits per heavy atom. The van der Waals surface area contributed by atoms with E-state index in [4.69, 9.17) is 0 Å². The van der Waals surface area contributed by atoms with Gasteiger partial charge in [-0.15, -0.1) is 0 Å². The fourth-order valence-electron chi connectivity index (χ4n) is 1.88. The van der Waals surface area contributed by atoms with Crippen molar-refractivity contribution in [1.29, 1.82) is 0 Å². The van der Waals surface area contributed by atoms with Gasteiger partial charge in [0.25, 0.3) is 5.91 Å². The summed E-state index contributed by atoms with van der Waals surface area (Å²) in [6.07, 6.45) is 1.33. The van der Waals surface area contributed by atoms with Gasteiger partial charge in [0.15, 0.2) is 0 Å². The Balaban J connectivity index is 1.83. The van der Waals surface area contributed by atoms with Crippen LogP contribution in [-0.2, 0) is 4.79 Å². The van der Waals surface area contributed by atoms with E-state index in [0.29, 0.717) is 5.69 Å². The van der Waals surface area contributed by atoms with Crippen LogP contribution in [0, 0.1) is 12.9 Å². The molecule has 2 aromatic rings. The van der Waals surface area contributed by atoms with Gasteiger partial charge in [0, 0.05) is 41.0 Å². The first-order valence-corrected chi connectivity index (χ1v) is 7.71. The molecule has 0 radical (unpaired) electrons. The minimum absolute atomic E-state index is 0.116. The van der Waals surface area contributed by atoms with Crippen LogP contribution in [0.5, 0.6) is 0 Å². The quantitative estimate of drug-likeness (QED) is 0.784. The van der Waals surface area contributed by atoms with Crippen molar-refractivity contribution < 1.29 is 14.0 Å². The zero-order chi connectivity index (χ0) is 16.8. The minimum Gasteiger partial charge on any atom is -0.352 e. The number of halogens is 2. The number of amides is 2. The van der Waals surface area contributed by atoms with Crippen molar-refractivity contribution in [2.75, 3.05) is 11.9 Å². The third-order valence-electron chi connectivity index (χ3n) is 3.10. The molecule has 0 saturated carbocycles. The number of aromatic nitrogens is 1. The summed E-state index contributed by atoms with van der Waals surface area (Å²) in [6.45, 7) is 2.05. The predicted octanol–water partition coefficient (Wildman–Crippen LogP) is 3.05. The monoisotopic (exact) mass is 379 g/mol. The molecule has 1 aromatic heterocycles. The number of nitrogens with zero attached hydrogens (tertiary/aromatic N) is 1. The molecule has 0 bridgehead atoms. The number of rotatable bonds is 5. The molecular formula is C16H15BrFN3O2. The summed E-state index contributed by atoms with van der Waals surface area (Å²) in [6, 6.07) is 8.04. The standard InChI is InChI=1S/C16H15BrFN3O2/c1-10-2-3-12(17)9-13(10)21-15(22)5-7-20-16(23)11-4-6-19-14(18)8-11/h2-4,6,8-9H,5,7H2,1H3,(H,20,23)(H,21,22). The fraction of sp³-hybridized carbons (Fsp3) is 0.188. The van der Waals surface area contributed by atoms with Crippen LogP contribution in [-0.4, -0.2) is 23.3 Å². The second kappa shape index (κ2) is 7.82. The molecule has 120 valence electrons. The summed E-state index contributed by atoms with van der Waals surface area (Å²) >= 11 is 3.35. The molecule has 0 aliphatic rings. The van der Waals surface area contributed by atoms with Crippen molar-refractivity contribution in [2.24, 2.45) is 0 Å². The zero-order valence-electron chi connectivity index (χ0n) is 12.4. The molecule has 0 aliphatic heterocycles. The van der Waals surface area contributed by atoms with E-state index in [9.17, 15) is 14.0 Å². The van der Waals surface area contributed by atoms with E-state index in [0.717, 1.165) is 16.1 Å². The van der Waals surface area contributed by atoms with Gasteiger partial charge in [0.05, 0.1) is 0 Å². The molecular weight excluding hydrogens is 365 g/mol. The maximum Gasteiger partial charge on any atom is 0.251 e. The van der Waals surface area contributed by atoms with Crippen LogP contribution in [0.1, 0.15) is 22.3 Å². The van der Waals surface area contributed by atoms with Gasteiger partial charge in [0.1, 0.15) is 0 Å². The highest BCUT2D eigenvalue weighted by atomic mass is 79.9. The minimum atomic E-state index is -0.722. The van der Waals surface area contributed by atoms with Crippen molar-refractivity contribution >= 4 is 33.4 Å². The van der Waals surface area contributed by atoms with E-state index >= 15 is 0 Å². The largest absolute Gasteiger partial charge is 0.352 e. The lowest BCUT2D eigenvalue weighted by Crippen LogP contribution is -2.27. The summed E-state index contributed by atoms with van der Waals surface area (Å²) in [5.41, 5.74) is 1.82. The molecule has 5 nitrogen and oxygen atoms in total. The number of anilines is 1. The Morgan fingerprint density at radius 3 is 2.78 bits per heavy atom. The van der Waals surface area contributed by atoms with Crippen LogP contribution >= 0.6 is 15.9 Å². The van der Waals surface area contributed by atoms with E-state index < -0.39 is 11.9 Å². The van der Waals surface area contributed by atoms with Gasteiger partial charge in [-0.1, -0.05) is 22.0 Å². The van der Waals surface area contributed by atoms with Crippen molar-refractivity contribution in [3.05, 3.63) is 58.1 Å². The maximum atomic E-state index is 12.9. The lowest BCUT2D eigenvalue weighted by atomic mass is 10.2. The molecule has 1 aromatic carbocycles. The highest BCUT2D eigenvalue weighted by Gasteiger charge is 2.09. The lowest BCUT2D eigenvalue weighted by molar-refractivity contribution is -0.116. The van der Waals surface area contributed by atoms with Crippen molar-refractivity contribution in [3.63, 3.8) is 0 Å². The Kier molecular flexibility index (Phi) is 5.81. The molecule has 0 fully saturated rings. The number of pyridine rings is 1. The van der Waals surface area contributed by atoms with Gasteiger partial charge in [-0.25, -0.2) is 4.98 Å². The van der Waals surface area contributed by atoms with Crippen molar-refractivity contribution in [3.8, 4) is 0 Å². The average Bonchev–Trinajstić information content (AvgIpc) is 2.51. The van der Waals surface area contributed by atoms with Crippen LogP contribution in [0.15, 0.2) is 41.0 Å². The number of carbonyl (C=O) groups is 2. The third-order valence-corrected chi connectivity index (χ3v) is 3.59. The molecule has 0 saturated heterocycles. The number of nitrogens with one attached hydrogen (secondary N) is 2. The number of carbonyl (C=O) groups excluding carboxylic acids is 2. The fourth-order valence-corrected chi connectivity index (χ4v) is 2.24. The highest BCUT2D eigenvalue weighted by molar-refractivity contribution is 9.10. The van der Waals surface area contributed by atoms with Crippen LogP contribution < -0.4 is 10.6 Å². The summed E-state index contributed by atoms with van der Waals surface area (Å²) in [5.74, 6) is -1.38. The van der Waals surface area contributed by atoms with Gasteiger partial charge < -0.3 is 10.6 Å². The first-order valence-electron chi connectivity index (χ1n) is 6.91. The zero-order valence-corrected chi connectivity index (χ0v) is 14.0. The van der Waals surface area contributed by atoms with Gasteiger partial charge in [-0.3, -0.25) is 9.59 Å². The van der Waals surface area contributed by atoms with Crippen LogP contribution in [0.2, 0.25) is 0 Å². The van der Waals surface area contributed by atoms with E-state index in [2.05, 4.69) is 31.5 Å². The lowest BCUT2D eigenvalue weighted by Gasteiger charge is -2.09. The molecule has 0 unspecified atom stereocenters. The van der Waals surface area contributed by atoms with Gasteiger partial charge >= 0.3 is 0 Å². The smallest absolute Gasteiger partial charge is 0.251 e. The van der Waals surface area contributed by atoms with Gasteiger partial charge in [-0.05, 0) is 30.7 Å². The van der Waals surface area contributed by atoms with Crippen LogP contribution in [0.25, 0.3) is 0 Å². The Labute approximate surface area is 141 Å². The summed E-state index contributed by atoms with van der Waals surface area (Å²) < 4.78 is 13.8. The van der Waals surface area contributed by atoms with E-state index in [1.165, 1.54) is 12.3 Å². The Bertz CT molecular complexity index is 737. The second-order valence-electron chi connectivity index (χ2n) is 4.88. The number of benzene rings is 1. The molecule has 0 spiro atoms. The van der Waals surface area contributed by atoms with Gasteiger partial charge in [0.2, 0.25) is 11.9 Å². The molecule has 7 heteroatoms. The van der Waals surface area contributed by atoms with Crippen molar-refractivity contribution in [1.82, 2.24) is 10.3 Å². The summed E-state index contributed by atoms with van der Waals surface area (Å²) in [7, 11) is 0. The topological polar surface area (TPSA) is 71.1 Å². The molecule has 23 heavy (non-hydrogen) atoms. The summed E-state index contributed by atoms with van der Waals surface area (Å²) in [5, 5.41) is 5.35. The molecule has 1 heterocycles. The molecule has 0 aliphatic carbocycles. The molecule has 0 atom stereocenters. The van der Waals surface area contributed by atoms with E-state index in [1.54, 1.807) is 0 Å². The van der Waals surface area contributed by atoms with Crippen molar-refractivity contribution in [2.45, 2.75) is 13.3 Å². The third kappa shape index (κ3) is 5.14. The molecule has 2 N–H and O–H groups in total. The molecule has 2 amide bonds. The Morgan fingerprint density at radius 2 is 2.04 bits per heavy atom. The second-order valence-corrected chi connectivity index (χ2v) is 5.80. The Hall–Kier alpha value is -2.28. The van der Waals surface area contributed by atoms with E-state index in [1.807, 2.05) is 25.1 Å². The average molecular weight is 380 g/mol. The van der Waals surface area contributed by atoms with Crippen LogP contribution in [0.3, 0.4) is 0 Å². The summed E-state index contributed by atoms with van der Waals surface area (Å²) in [4.78, 5) is 27.1. The SMILES string of the molecule is Cc1ccc(Br)cc1NC(=O)CCNC(=O)c1ccnc(F)c1. The van der Waals surface area contributed by atoms with Gasteiger partial charge in [-0.2, -0.15) is 4.39 Å². The number of hydrogen-bond donors (Lipinski definition) is 2. The number of aryl methyl sites for hydroxylation is 1. The first kappa shape index (κ1) is 17.1. The van der Waals surface area contributed by atoms with E-state index in [-0.39, 0.29) is 24.4 Å². The normalized spacial score (nSPS) is 10.2. The number of hydrogen-bond acceptors (Lipinski definition) is 3. The predicted molar refractivity (Wildman–Crippen MR) is 88.7 cm³/mol.